The summed E-state index contributed by atoms with van der Waals surface area (Å²) in [5, 5.41) is 15.5. The Hall–Kier alpha value is -2.39. The van der Waals surface area contributed by atoms with Crippen molar-refractivity contribution < 1.29 is 9.26 Å². The van der Waals surface area contributed by atoms with Gasteiger partial charge in [0, 0.05) is 19.5 Å². The smallest absolute Gasteiger partial charge is 0.213 e. The molecule has 0 unspecified atom stereocenters. The summed E-state index contributed by atoms with van der Waals surface area (Å²) in [4.78, 5) is 3.94. The Balaban J connectivity index is 1.74. The average Bonchev–Trinajstić information content (AvgIpc) is 2.95. The molecule has 2 rings (SSSR count). The van der Waals surface area contributed by atoms with Crippen LogP contribution in [0.5, 0.6) is 5.75 Å². The number of benzene rings is 1. The minimum absolute atomic E-state index is 0.0642. The van der Waals surface area contributed by atoms with Crippen LogP contribution in [-0.2, 0) is 13.0 Å². The standard InChI is InChI=1S/C13H14N4O2/c14-5-7-18-12-3-1-2-11(8-12)9-15-6-4-13-16-10-19-17-13/h1-3,8,10,15H,4,6-7,9H2. The highest BCUT2D eigenvalue weighted by Gasteiger charge is 1.99. The van der Waals surface area contributed by atoms with Gasteiger partial charge in [-0.2, -0.15) is 10.2 Å². The zero-order valence-corrected chi connectivity index (χ0v) is 10.4. The van der Waals surface area contributed by atoms with Crippen LogP contribution in [-0.4, -0.2) is 23.3 Å². The van der Waals surface area contributed by atoms with Crippen molar-refractivity contribution in [1.29, 1.82) is 5.26 Å². The number of rotatable bonds is 7. The largest absolute Gasteiger partial charge is 0.479 e. The van der Waals surface area contributed by atoms with E-state index in [1.165, 1.54) is 6.39 Å². The van der Waals surface area contributed by atoms with Crippen LogP contribution in [0.2, 0.25) is 0 Å². The zero-order chi connectivity index (χ0) is 13.3. The highest BCUT2D eigenvalue weighted by Crippen LogP contribution is 2.12. The fourth-order valence-corrected chi connectivity index (χ4v) is 1.60. The van der Waals surface area contributed by atoms with Crippen LogP contribution in [0.3, 0.4) is 0 Å². The van der Waals surface area contributed by atoms with Gasteiger partial charge in [-0.05, 0) is 17.7 Å². The van der Waals surface area contributed by atoms with E-state index in [0.717, 1.165) is 25.1 Å². The van der Waals surface area contributed by atoms with Crippen LogP contribution in [0.4, 0.5) is 0 Å². The van der Waals surface area contributed by atoms with Gasteiger partial charge in [-0.3, -0.25) is 0 Å². The Kier molecular flexibility index (Phi) is 4.90. The topological polar surface area (TPSA) is 84.0 Å². The molecule has 0 saturated carbocycles. The van der Waals surface area contributed by atoms with Gasteiger partial charge in [0.05, 0.1) is 0 Å². The maximum Gasteiger partial charge on any atom is 0.213 e. The first-order valence-corrected chi connectivity index (χ1v) is 5.93. The lowest BCUT2D eigenvalue weighted by molar-refractivity contribution is 0.367. The fraction of sp³-hybridized carbons (Fsp3) is 0.308. The Morgan fingerprint density at radius 2 is 2.37 bits per heavy atom. The fourth-order valence-electron chi connectivity index (χ4n) is 1.60. The number of hydrogen-bond acceptors (Lipinski definition) is 6. The summed E-state index contributed by atoms with van der Waals surface area (Å²) in [7, 11) is 0. The summed E-state index contributed by atoms with van der Waals surface area (Å²) in [6, 6.07) is 9.60. The quantitative estimate of drug-likeness (QED) is 0.754. The van der Waals surface area contributed by atoms with Gasteiger partial charge in [0.15, 0.2) is 12.4 Å². The van der Waals surface area contributed by atoms with Crippen LogP contribution in [0.15, 0.2) is 35.2 Å². The first-order valence-electron chi connectivity index (χ1n) is 5.93. The van der Waals surface area contributed by atoms with Gasteiger partial charge in [-0.15, -0.1) is 0 Å². The van der Waals surface area contributed by atoms with E-state index in [-0.39, 0.29) is 6.61 Å². The lowest BCUT2D eigenvalue weighted by Crippen LogP contribution is -2.17. The molecule has 0 aliphatic rings. The van der Waals surface area contributed by atoms with E-state index in [2.05, 4.69) is 20.0 Å². The molecule has 0 aliphatic heterocycles. The van der Waals surface area contributed by atoms with Crippen LogP contribution < -0.4 is 10.1 Å². The van der Waals surface area contributed by atoms with Crippen LogP contribution in [0, 0.1) is 11.3 Å². The van der Waals surface area contributed by atoms with Crippen molar-refractivity contribution in [2.75, 3.05) is 13.2 Å². The Labute approximate surface area is 111 Å². The second-order valence-electron chi connectivity index (χ2n) is 3.87. The Morgan fingerprint density at radius 3 is 3.16 bits per heavy atom. The lowest BCUT2D eigenvalue weighted by atomic mass is 10.2. The summed E-state index contributed by atoms with van der Waals surface area (Å²) in [5.74, 6) is 1.40. The van der Waals surface area contributed by atoms with Gasteiger partial charge in [0.1, 0.15) is 11.8 Å². The van der Waals surface area contributed by atoms with E-state index in [1.807, 2.05) is 30.3 Å². The summed E-state index contributed by atoms with van der Waals surface area (Å²) >= 11 is 0. The molecule has 0 fully saturated rings. The van der Waals surface area contributed by atoms with Gasteiger partial charge in [-0.25, -0.2) is 0 Å². The molecule has 0 aliphatic carbocycles. The van der Waals surface area contributed by atoms with Gasteiger partial charge in [0.2, 0.25) is 6.39 Å². The van der Waals surface area contributed by atoms with Gasteiger partial charge >= 0.3 is 0 Å². The van der Waals surface area contributed by atoms with Crippen molar-refractivity contribution in [3.05, 3.63) is 42.0 Å². The molecule has 6 heteroatoms. The zero-order valence-electron chi connectivity index (χ0n) is 10.4. The Morgan fingerprint density at radius 1 is 1.42 bits per heavy atom. The molecule has 1 aromatic heterocycles. The molecule has 6 nitrogen and oxygen atoms in total. The number of nitrogens with zero attached hydrogens (tertiary/aromatic N) is 3. The van der Waals surface area contributed by atoms with E-state index >= 15 is 0 Å². The SMILES string of the molecule is N#CCOc1cccc(CNCCc2ncon2)c1. The van der Waals surface area contributed by atoms with Gasteiger partial charge in [-0.1, -0.05) is 17.3 Å². The maximum absolute atomic E-state index is 8.45. The third-order valence-electron chi connectivity index (χ3n) is 2.46. The van der Waals surface area contributed by atoms with Crippen LogP contribution >= 0.6 is 0 Å². The monoisotopic (exact) mass is 258 g/mol. The van der Waals surface area contributed by atoms with Crippen molar-refractivity contribution in [3.8, 4) is 11.8 Å². The molecule has 0 saturated heterocycles. The molecule has 0 spiro atoms. The molecule has 98 valence electrons. The predicted molar refractivity (Wildman–Crippen MR) is 67.3 cm³/mol. The normalized spacial score (nSPS) is 10.1. The number of nitriles is 1. The second-order valence-corrected chi connectivity index (χ2v) is 3.87. The highest BCUT2D eigenvalue weighted by molar-refractivity contribution is 5.28. The van der Waals surface area contributed by atoms with Crippen molar-refractivity contribution in [2.45, 2.75) is 13.0 Å². The number of hydrogen-bond donors (Lipinski definition) is 1. The number of aromatic nitrogens is 2. The number of nitrogens with one attached hydrogen (secondary N) is 1. The molecule has 0 atom stereocenters. The third kappa shape index (κ3) is 4.41. The maximum atomic E-state index is 8.45. The van der Waals surface area contributed by atoms with Crippen LogP contribution in [0.25, 0.3) is 0 Å². The first-order chi connectivity index (χ1) is 9.38. The molecule has 0 radical (unpaired) electrons. The molecule has 19 heavy (non-hydrogen) atoms. The highest BCUT2D eigenvalue weighted by atomic mass is 16.5. The summed E-state index contributed by atoms with van der Waals surface area (Å²) in [6.07, 6.45) is 2.05. The molecule has 1 N–H and O–H groups in total. The third-order valence-corrected chi connectivity index (χ3v) is 2.46. The summed E-state index contributed by atoms with van der Waals surface area (Å²) in [5.41, 5.74) is 1.10. The van der Waals surface area contributed by atoms with Crippen molar-refractivity contribution in [3.63, 3.8) is 0 Å². The van der Waals surface area contributed by atoms with Gasteiger partial charge in [0.25, 0.3) is 0 Å². The van der Waals surface area contributed by atoms with E-state index in [1.54, 1.807) is 0 Å². The summed E-state index contributed by atoms with van der Waals surface area (Å²) < 4.78 is 9.89. The average molecular weight is 258 g/mol. The van der Waals surface area contributed by atoms with E-state index < -0.39 is 0 Å². The van der Waals surface area contributed by atoms with Crippen LogP contribution in [0.1, 0.15) is 11.4 Å². The molecule has 0 amide bonds. The van der Waals surface area contributed by atoms with E-state index in [4.69, 9.17) is 10.00 Å². The molecule has 1 heterocycles. The second kappa shape index (κ2) is 7.13. The predicted octanol–water partition coefficient (Wildman–Crippen LogP) is 1.30. The molecular weight excluding hydrogens is 244 g/mol. The minimum Gasteiger partial charge on any atom is -0.479 e. The first kappa shape index (κ1) is 13.1. The van der Waals surface area contributed by atoms with E-state index in [9.17, 15) is 0 Å². The molecular formula is C13H14N4O2. The van der Waals surface area contributed by atoms with Crippen molar-refractivity contribution in [2.24, 2.45) is 0 Å². The summed E-state index contributed by atoms with van der Waals surface area (Å²) in [6.45, 7) is 1.55. The van der Waals surface area contributed by atoms with Crippen molar-refractivity contribution in [1.82, 2.24) is 15.5 Å². The van der Waals surface area contributed by atoms with Gasteiger partial charge < -0.3 is 14.6 Å². The molecule has 1 aromatic carbocycles. The van der Waals surface area contributed by atoms with E-state index in [0.29, 0.717) is 11.6 Å². The lowest BCUT2D eigenvalue weighted by Gasteiger charge is -2.06. The number of ether oxygens (including phenoxy) is 1. The Bertz CT molecular complexity index is 534. The molecule has 0 bridgehead atoms. The minimum atomic E-state index is 0.0642. The van der Waals surface area contributed by atoms with Crippen molar-refractivity contribution >= 4 is 0 Å². The molecule has 2 aromatic rings.